The summed E-state index contributed by atoms with van der Waals surface area (Å²) in [7, 11) is 0. The summed E-state index contributed by atoms with van der Waals surface area (Å²) < 4.78 is 7.41. The minimum absolute atomic E-state index is 0.0477. The van der Waals surface area contributed by atoms with Crippen molar-refractivity contribution in [3.63, 3.8) is 0 Å². The Labute approximate surface area is 144 Å². The Morgan fingerprint density at radius 2 is 2.04 bits per heavy atom. The number of hydrogen-bond donors (Lipinski definition) is 1. The Morgan fingerprint density at radius 3 is 2.62 bits per heavy atom. The van der Waals surface area contributed by atoms with Crippen LogP contribution in [0.2, 0.25) is 0 Å². The number of nitrogens with zero attached hydrogens (tertiary/aromatic N) is 3. The van der Waals surface area contributed by atoms with E-state index in [-0.39, 0.29) is 10.6 Å². The fourth-order valence-electron chi connectivity index (χ4n) is 2.27. The summed E-state index contributed by atoms with van der Waals surface area (Å²) in [6.45, 7) is 1.86. The molecule has 0 unspecified atom stereocenters. The Balaban J connectivity index is 2.17. The van der Waals surface area contributed by atoms with Crippen LogP contribution in [0, 0.1) is 18.3 Å². The second kappa shape index (κ2) is 6.52. The number of aromatic nitrogens is 2. The molecule has 0 saturated carbocycles. The molecule has 0 saturated heterocycles. The SMILES string of the molecule is Cc1ccc(-c2nn(-c3ccccc3)cc2C=C(C#N)C(N)=S)o1. The maximum absolute atomic E-state index is 9.21. The highest BCUT2D eigenvalue weighted by Gasteiger charge is 2.15. The van der Waals surface area contributed by atoms with Gasteiger partial charge in [0.1, 0.15) is 22.5 Å². The van der Waals surface area contributed by atoms with Crippen molar-refractivity contribution in [2.24, 2.45) is 5.73 Å². The van der Waals surface area contributed by atoms with Crippen molar-refractivity contribution >= 4 is 23.3 Å². The molecule has 0 radical (unpaired) electrons. The number of benzene rings is 1. The van der Waals surface area contributed by atoms with E-state index in [1.165, 1.54) is 0 Å². The second-order valence-corrected chi connectivity index (χ2v) is 5.60. The predicted molar refractivity (Wildman–Crippen MR) is 96.4 cm³/mol. The van der Waals surface area contributed by atoms with Crippen LogP contribution in [0.4, 0.5) is 0 Å². The predicted octanol–water partition coefficient (Wildman–Crippen LogP) is 3.63. The van der Waals surface area contributed by atoms with Crippen LogP contribution in [0.3, 0.4) is 0 Å². The summed E-state index contributed by atoms with van der Waals surface area (Å²) in [5.41, 5.74) is 8.05. The Kier molecular flexibility index (Phi) is 4.27. The highest BCUT2D eigenvalue weighted by Crippen LogP contribution is 2.27. The Morgan fingerprint density at radius 1 is 1.29 bits per heavy atom. The van der Waals surface area contributed by atoms with Gasteiger partial charge in [0.2, 0.25) is 0 Å². The molecule has 0 atom stereocenters. The molecule has 0 fully saturated rings. The third-order valence-electron chi connectivity index (χ3n) is 3.42. The second-order valence-electron chi connectivity index (χ2n) is 5.16. The van der Waals surface area contributed by atoms with Gasteiger partial charge in [-0.1, -0.05) is 30.4 Å². The van der Waals surface area contributed by atoms with E-state index in [0.29, 0.717) is 17.0 Å². The number of hydrogen-bond acceptors (Lipinski definition) is 4. The number of thiocarbonyl (C=S) groups is 1. The molecule has 0 aliphatic heterocycles. The minimum atomic E-state index is 0.0477. The van der Waals surface area contributed by atoms with E-state index in [9.17, 15) is 5.26 Å². The normalized spacial score (nSPS) is 11.2. The topological polar surface area (TPSA) is 80.8 Å². The summed E-state index contributed by atoms with van der Waals surface area (Å²) in [6, 6.07) is 15.4. The fourth-order valence-corrected chi connectivity index (χ4v) is 2.38. The third kappa shape index (κ3) is 3.12. The number of furan rings is 1. The van der Waals surface area contributed by atoms with E-state index >= 15 is 0 Å². The van der Waals surface area contributed by atoms with E-state index in [1.807, 2.05) is 61.7 Å². The lowest BCUT2D eigenvalue weighted by Gasteiger charge is -1.98. The molecule has 0 amide bonds. The molecule has 1 aromatic carbocycles. The number of rotatable bonds is 4. The quantitative estimate of drug-likeness (QED) is 0.447. The summed E-state index contributed by atoms with van der Waals surface area (Å²) in [5, 5.41) is 13.8. The van der Waals surface area contributed by atoms with Gasteiger partial charge in [0.15, 0.2) is 5.76 Å². The van der Waals surface area contributed by atoms with Gasteiger partial charge in [-0.05, 0) is 37.3 Å². The van der Waals surface area contributed by atoms with Crippen LogP contribution < -0.4 is 5.73 Å². The largest absolute Gasteiger partial charge is 0.460 e. The number of nitrogens with two attached hydrogens (primary N) is 1. The van der Waals surface area contributed by atoms with Gasteiger partial charge in [-0.3, -0.25) is 0 Å². The van der Waals surface area contributed by atoms with Crippen LogP contribution in [0.25, 0.3) is 23.2 Å². The maximum Gasteiger partial charge on any atom is 0.155 e. The first kappa shape index (κ1) is 15.7. The van der Waals surface area contributed by atoms with Crippen LogP contribution >= 0.6 is 12.2 Å². The van der Waals surface area contributed by atoms with Crippen molar-refractivity contribution in [2.45, 2.75) is 6.92 Å². The fraction of sp³-hybridized carbons (Fsp3) is 0.0556. The lowest BCUT2D eigenvalue weighted by atomic mass is 10.1. The van der Waals surface area contributed by atoms with E-state index in [1.54, 1.807) is 10.8 Å². The van der Waals surface area contributed by atoms with Crippen LogP contribution in [-0.2, 0) is 0 Å². The van der Waals surface area contributed by atoms with Crippen molar-refractivity contribution in [2.75, 3.05) is 0 Å². The molecule has 118 valence electrons. The maximum atomic E-state index is 9.21. The number of para-hydroxylation sites is 1. The molecule has 5 nitrogen and oxygen atoms in total. The lowest BCUT2D eigenvalue weighted by molar-refractivity contribution is 0.545. The summed E-state index contributed by atoms with van der Waals surface area (Å²) in [5.74, 6) is 1.40. The van der Waals surface area contributed by atoms with Gasteiger partial charge in [-0.25, -0.2) is 4.68 Å². The molecular formula is C18H14N4OS. The van der Waals surface area contributed by atoms with Crippen molar-refractivity contribution in [3.8, 4) is 23.2 Å². The molecular weight excluding hydrogens is 320 g/mol. The molecule has 3 rings (SSSR count). The van der Waals surface area contributed by atoms with E-state index < -0.39 is 0 Å². The van der Waals surface area contributed by atoms with Crippen LogP contribution in [0.15, 0.2) is 58.7 Å². The number of aryl methyl sites for hydroxylation is 1. The van der Waals surface area contributed by atoms with Crippen LogP contribution in [0.1, 0.15) is 11.3 Å². The monoisotopic (exact) mass is 334 g/mol. The van der Waals surface area contributed by atoms with Gasteiger partial charge >= 0.3 is 0 Å². The minimum Gasteiger partial charge on any atom is -0.460 e. The Hall–Kier alpha value is -3.17. The standard InChI is InChI=1S/C18H14N4OS/c1-12-7-8-16(23-12)17-14(9-13(10-19)18(20)24)11-22(21-17)15-5-3-2-4-6-15/h2-9,11H,1H3,(H2,20,24). The van der Waals surface area contributed by atoms with Crippen molar-refractivity contribution in [1.82, 2.24) is 9.78 Å². The van der Waals surface area contributed by atoms with Gasteiger partial charge in [0.05, 0.1) is 11.3 Å². The molecule has 3 aromatic rings. The van der Waals surface area contributed by atoms with Gasteiger partial charge in [0, 0.05) is 11.8 Å². The zero-order valence-electron chi connectivity index (χ0n) is 12.9. The van der Waals surface area contributed by atoms with Gasteiger partial charge in [-0.15, -0.1) is 0 Å². The Bertz CT molecular complexity index is 961. The first-order valence-electron chi connectivity index (χ1n) is 7.22. The van der Waals surface area contributed by atoms with Gasteiger partial charge in [0.25, 0.3) is 0 Å². The molecule has 2 N–H and O–H groups in total. The van der Waals surface area contributed by atoms with Gasteiger partial charge < -0.3 is 10.2 Å². The molecule has 6 heteroatoms. The first-order chi connectivity index (χ1) is 11.6. The lowest BCUT2D eigenvalue weighted by Crippen LogP contribution is -2.09. The first-order valence-corrected chi connectivity index (χ1v) is 7.63. The average Bonchev–Trinajstić information content (AvgIpc) is 3.19. The van der Waals surface area contributed by atoms with Crippen molar-refractivity contribution in [1.29, 1.82) is 5.26 Å². The smallest absolute Gasteiger partial charge is 0.155 e. The van der Waals surface area contributed by atoms with E-state index in [0.717, 1.165) is 11.4 Å². The molecule has 24 heavy (non-hydrogen) atoms. The zero-order valence-corrected chi connectivity index (χ0v) is 13.7. The van der Waals surface area contributed by atoms with Gasteiger partial charge in [-0.2, -0.15) is 10.4 Å². The van der Waals surface area contributed by atoms with Crippen molar-refractivity contribution in [3.05, 3.63) is 65.6 Å². The number of nitriles is 1. The molecule has 2 aromatic heterocycles. The molecule has 0 aliphatic carbocycles. The molecule has 0 spiro atoms. The van der Waals surface area contributed by atoms with Crippen molar-refractivity contribution < 1.29 is 4.42 Å². The summed E-state index contributed by atoms with van der Waals surface area (Å²) in [6.07, 6.45) is 3.44. The third-order valence-corrected chi connectivity index (χ3v) is 3.64. The molecule has 0 bridgehead atoms. The van der Waals surface area contributed by atoms with Crippen LogP contribution in [0.5, 0.6) is 0 Å². The average molecular weight is 334 g/mol. The molecule has 2 heterocycles. The molecule has 0 aliphatic rings. The van der Waals surface area contributed by atoms with E-state index in [4.69, 9.17) is 22.4 Å². The summed E-state index contributed by atoms with van der Waals surface area (Å²) >= 11 is 4.92. The van der Waals surface area contributed by atoms with Crippen LogP contribution in [-0.4, -0.2) is 14.8 Å². The highest BCUT2D eigenvalue weighted by molar-refractivity contribution is 7.80. The zero-order chi connectivity index (χ0) is 17.1. The summed E-state index contributed by atoms with van der Waals surface area (Å²) in [4.78, 5) is 0.0477. The van der Waals surface area contributed by atoms with E-state index in [2.05, 4.69) is 5.10 Å². The highest BCUT2D eigenvalue weighted by atomic mass is 32.1.